The number of aromatic nitrogens is 2. The fourth-order valence-electron chi connectivity index (χ4n) is 2.61. The fourth-order valence-corrected chi connectivity index (χ4v) is 3.28. The van der Waals surface area contributed by atoms with Gasteiger partial charge < -0.3 is 19.5 Å². The highest BCUT2D eigenvalue weighted by Crippen LogP contribution is 2.26. The van der Waals surface area contributed by atoms with Crippen LogP contribution < -0.4 is 5.73 Å². The number of aryl methyl sites for hydroxylation is 1. The van der Waals surface area contributed by atoms with E-state index in [2.05, 4.69) is 10.2 Å². The first-order valence-corrected chi connectivity index (χ1v) is 8.61. The lowest BCUT2D eigenvalue weighted by Gasteiger charge is -2.30. The van der Waals surface area contributed by atoms with Crippen molar-refractivity contribution in [1.29, 1.82) is 0 Å². The van der Waals surface area contributed by atoms with Gasteiger partial charge in [0.1, 0.15) is 5.76 Å². The summed E-state index contributed by atoms with van der Waals surface area (Å²) in [6, 6.07) is 1.76. The van der Waals surface area contributed by atoms with E-state index in [1.54, 1.807) is 17.2 Å². The number of hydrogen-bond donors (Lipinski definition) is 1. The molecule has 3 heterocycles. The van der Waals surface area contributed by atoms with Gasteiger partial charge in [0.2, 0.25) is 11.8 Å². The number of thioether (sulfide) groups is 1. The lowest BCUT2D eigenvalue weighted by Crippen LogP contribution is -2.42. The van der Waals surface area contributed by atoms with Gasteiger partial charge in [-0.25, -0.2) is 0 Å². The van der Waals surface area contributed by atoms with E-state index in [4.69, 9.17) is 14.6 Å². The van der Waals surface area contributed by atoms with Gasteiger partial charge in [0, 0.05) is 19.0 Å². The average molecular weight is 350 g/mol. The van der Waals surface area contributed by atoms with Crippen LogP contribution in [0.1, 0.15) is 18.6 Å². The molecule has 128 valence electrons. The van der Waals surface area contributed by atoms with Crippen molar-refractivity contribution in [3.05, 3.63) is 18.1 Å². The van der Waals surface area contributed by atoms with Crippen LogP contribution in [0.3, 0.4) is 0 Å². The molecule has 0 saturated carbocycles. The number of primary amides is 1. The zero-order chi connectivity index (χ0) is 17.1. The van der Waals surface area contributed by atoms with Crippen molar-refractivity contribution in [2.45, 2.75) is 25.0 Å². The van der Waals surface area contributed by atoms with Gasteiger partial charge in [-0.3, -0.25) is 9.59 Å². The maximum absolute atomic E-state index is 12.2. The SMILES string of the molecule is Cc1occc1-c1nnc(SCC(=O)N2CCC(C(N)=O)CC2)o1. The summed E-state index contributed by atoms with van der Waals surface area (Å²) in [6.07, 6.45) is 2.80. The number of likely N-dealkylation sites (tertiary alicyclic amines) is 1. The molecular formula is C15H18N4O4S. The Bertz CT molecular complexity index is 733. The summed E-state index contributed by atoms with van der Waals surface area (Å²) >= 11 is 1.20. The lowest BCUT2D eigenvalue weighted by molar-refractivity contribution is -0.132. The summed E-state index contributed by atoms with van der Waals surface area (Å²) in [5.41, 5.74) is 6.04. The zero-order valence-electron chi connectivity index (χ0n) is 13.2. The molecule has 0 aromatic carbocycles. The second-order valence-electron chi connectivity index (χ2n) is 5.61. The molecule has 1 aliphatic heterocycles. The Morgan fingerprint density at radius 3 is 2.75 bits per heavy atom. The number of carbonyl (C=O) groups is 2. The normalized spacial score (nSPS) is 15.6. The van der Waals surface area contributed by atoms with Crippen LogP contribution in [0.15, 0.2) is 26.4 Å². The number of amides is 2. The van der Waals surface area contributed by atoms with Crippen LogP contribution in [0.2, 0.25) is 0 Å². The zero-order valence-corrected chi connectivity index (χ0v) is 14.0. The van der Waals surface area contributed by atoms with Gasteiger partial charge in [-0.2, -0.15) is 0 Å². The number of nitrogens with zero attached hydrogens (tertiary/aromatic N) is 3. The Kier molecular flexibility index (Phi) is 4.89. The largest absolute Gasteiger partial charge is 0.469 e. The Balaban J connectivity index is 1.51. The number of rotatable bonds is 5. The minimum Gasteiger partial charge on any atom is -0.469 e. The topological polar surface area (TPSA) is 115 Å². The molecule has 2 amide bonds. The first-order valence-electron chi connectivity index (χ1n) is 7.62. The molecule has 1 saturated heterocycles. The van der Waals surface area contributed by atoms with E-state index in [9.17, 15) is 9.59 Å². The molecule has 24 heavy (non-hydrogen) atoms. The van der Waals surface area contributed by atoms with Gasteiger partial charge in [-0.15, -0.1) is 10.2 Å². The number of carbonyl (C=O) groups excluding carboxylic acids is 2. The maximum atomic E-state index is 12.2. The van der Waals surface area contributed by atoms with Crippen LogP contribution in [0.4, 0.5) is 0 Å². The quantitative estimate of drug-likeness (QED) is 0.811. The van der Waals surface area contributed by atoms with Crippen molar-refractivity contribution in [2.24, 2.45) is 11.7 Å². The van der Waals surface area contributed by atoms with Crippen LogP contribution in [0.5, 0.6) is 0 Å². The van der Waals surface area contributed by atoms with E-state index in [0.717, 1.165) is 5.56 Å². The van der Waals surface area contributed by atoms with E-state index < -0.39 is 0 Å². The minimum absolute atomic E-state index is 0.0119. The molecule has 0 bridgehead atoms. The van der Waals surface area contributed by atoms with Gasteiger partial charge in [0.15, 0.2) is 0 Å². The van der Waals surface area contributed by atoms with Crippen molar-refractivity contribution in [1.82, 2.24) is 15.1 Å². The average Bonchev–Trinajstić information content (AvgIpc) is 3.21. The molecule has 3 rings (SSSR count). The van der Waals surface area contributed by atoms with Gasteiger partial charge in [0.05, 0.1) is 17.6 Å². The predicted molar refractivity (Wildman–Crippen MR) is 86.0 cm³/mol. The Morgan fingerprint density at radius 1 is 1.38 bits per heavy atom. The number of nitrogens with two attached hydrogens (primary N) is 1. The van der Waals surface area contributed by atoms with Crippen LogP contribution in [0, 0.1) is 12.8 Å². The monoisotopic (exact) mass is 350 g/mol. The molecule has 1 fully saturated rings. The third kappa shape index (κ3) is 3.61. The lowest BCUT2D eigenvalue weighted by atomic mass is 9.96. The molecule has 2 aromatic rings. The van der Waals surface area contributed by atoms with Gasteiger partial charge in [-0.05, 0) is 25.8 Å². The van der Waals surface area contributed by atoms with Crippen LogP contribution >= 0.6 is 11.8 Å². The molecule has 0 radical (unpaired) electrons. The van der Waals surface area contributed by atoms with Crippen molar-refractivity contribution in [3.8, 4) is 11.5 Å². The van der Waals surface area contributed by atoms with Gasteiger partial charge in [-0.1, -0.05) is 11.8 Å². The third-order valence-electron chi connectivity index (χ3n) is 4.06. The number of piperidine rings is 1. The van der Waals surface area contributed by atoms with Crippen molar-refractivity contribution >= 4 is 23.6 Å². The van der Waals surface area contributed by atoms with E-state index in [0.29, 0.717) is 42.8 Å². The standard InChI is InChI=1S/C15H18N4O4S/c1-9-11(4-7-22-9)14-17-18-15(23-14)24-8-12(20)19-5-2-10(3-6-19)13(16)21/h4,7,10H,2-3,5-6,8H2,1H3,(H2,16,21). The molecule has 8 nitrogen and oxygen atoms in total. The summed E-state index contributed by atoms with van der Waals surface area (Å²) in [4.78, 5) is 25.1. The first kappa shape index (κ1) is 16.6. The van der Waals surface area contributed by atoms with Crippen molar-refractivity contribution in [3.63, 3.8) is 0 Å². The molecule has 0 atom stereocenters. The molecule has 9 heteroatoms. The summed E-state index contributed by atoms with van der Waals surface area (Å²) in [5, 5.41) is 8.24. The highest BCUT2D eigenvalue weighted by Gasteiger charge is 2.26. The highest BCUT2D eigenvalue weighted by atomic mass is 32.2. The summed E-state index contributed by atoms with van der Waals surface area (Å²) < 4.78 is 10.7. The summed E-state index contributed by atoms with van der Waals surface area (Å²) in [7, 11) is 0. The van der Waals surface area contributed by atoms with Crippen LogP contribution in [-0.4, -0.2) is 45.8 Å². The first-order chi connectivity index (χ1) is 11.5. The molecule has 1 aliphatic rings. The van der Waals surface area contributed by atoms with Crippen molar-refractivity contribution in [2.75, 3.05) is 18.8 Å². The summed E-state index contributed by atoms with van der Waals surface area (Å²) in [6.45, 7) is 2.91. The molecule has 0 aliphatic carbocycles. The second kappa shape index (κ2) is 7.08. The minimum atomic E-state index is -0.288. The van der Waals surface area contributed by atoms with Crippen LogP contribution in [-0.2, 0) is 9.59 Å². The number of hydrogen-bond acceptors (Lipinski definition) is 7. The summed E-state index contributed by atoms with van der Waals surface area (Å²) in [5.74, 6) is 0.861. The molecular weight excluding hydrogens is 332 g/mol. The van der Waals surface area contributed by atoms with Crippen LogP contribution in [0.25, 0.3) is 11.5 Å². The second-order valence-corrected chi connectivity index (χ2v) is 6.54. The third-order valence-corrected chi connectivity index (χ3v) is 4.87. The van der Waals surface area contributed by atoms with E-state index in [1.807, 2.05) is 6.92 Å². The molecule has 0 spiro atoms. The Hall–Kier alpha value is -2.29. The number of furan rings is 1. The maximum Gasteiger partial charge on any atom is 0.277 e. The Labute approximate surface area is 142 Å². The highest BCUT2D eigenvalue weighted by molar-refractivity contribution is 7.99. The van der Waals surface area contributed by atoms with E-state index in [-0.39, 0.29) is 23.5 Å². The van der Waals surface area contributed by atoms with Crippen molar-refractivity contribution < 1.29 is 18.4 Å². The predicted octanol–water partition coefficient (Wildman–Crippen LogP) is 1.45. The molecule has 2 aromatic heterocycles. The van der Waals surface area contributed by atoms with Gasteiger partial charge >= 0.3 is 0 Å². The Morgan fingerprint density at radius 2 is 2.12 bits per heavy atom. The smallest absolute Gasteiger partial charge is 0.277 e. The van der Waals surface area contributed by atoms with E-state index in [1.165, 1.54) is 11.8 Å². The molecule has 2 N–H and O–H groups in total. The molecule has 0 unspecified atom stereocenters. The van der Waals surface area contributed by atoms with E-state index >= 15 is 0 Å². The van der Waals surface area contributed by atoms with Gasteiger partial charge in [0.25, 0.3) is 11.1 Å². The fraction of sp³-hybridized carbons (Fsp3) is 0.467.